The molecular weight excluding hydrogens is 449 g/mol. The third-order valence-electron chi connectivity index (χ3n) is 5.07. The van der Waals surface area contributed by atoms with Gasteiger partial charge >= 0.3 is 12.2 Å². The van der Waals surface area contributed by atoms with Crippen LogP contribution in [0.1, 0.15) is 37.0 Å². The quantitative estimate of drug-likeness (QED) is 0.624. The van der Waals surface area contributed by atoms with Crippen molar-refractivity contribution >= 4 is 35.3 Å². The number of aromatic nitrogens is 1. The van der Waals surface area contributed by atoms with E-state index in [0.29, 0.717) is 17.8 Å². The first-order chi connectivity index (χ1) is 15.0. The summed E-state index contributed by atoms with van der Waals surface area (Å²) in [6.45, 7) is 2.92. The Hall–Kier alpha value is -3.14. The number of carbonyl (C=O) groups is 3. The lowest BCUT2D eigenvalue weighted by molar-refractivity contribution is -0.137. The fourth-order valence-corrected chi connectivity index (χ4v) is 3.54. The zero-order valence-electron chi connectivity index (χ0n) is 17.2. The minimum atomic E-state index is -4.64. The van der Waals surface area contributed by atoms with Crippen LogP contribution in [-0.4, -0.2) is 34.3 Å². The molecule has 1 unspecified atom stereocenters. The molecule has 1 aromatic carbocycles. The first kappa shape index (κ1) is 23.5. The largest absolute Gasteiger partial charge is 0.417 e. The smallest absolute Gasteiger partial charge is 0.319 e. The molecule has 170 valence electrons. The van der Waals surface area contributed by atoms with Crippen LogP contribution < -0.4 is 10.6 Å². The van der Waals surface area contributed by atoms with Crippen LogP contribution in [0.2, 0.25) is 5.02 Å². The molecule has 0 radical (unpaired) electrons. The number of hydrogen-bond acceptors (Lipinski definition) is 4. The minimum absolute atomic E-state index is 0.314. The fourth-order valence-electron chi connectivity index (χ4n) is 3.33. The normalized spacial score (nSPS) is 18.6. The Morgan fingerprint density at radius 3 is 2.47 bits per heavy atom. The molecule has 1 aromatic heterocycles. The average Bonchev–Trinajstić information content (AvgIpc) is 2.93. The lowest BCUT2D eigenvalue weighted by atomic mass is 9.91. The van der Waals surface area contributed by atoms with Crippen LogP contribution in [0.15, 0.2) is 36.5 Å². The van der Waals surface area contributed by atoms with Gasteiger partial charge in [0.2, 0.25) is 5.91 Å². The second-order valence-electron chi connectivity index (χ2n) is 7.49. The number of carbonyl (C=O) groups excluding carboxylic acids is 3. The Bertz CT molecular complexity index is 1060. The van der Waals surface area contributed by atoms with Crippen LogP contribution in [0.5, 0.6) is 0 Å². The first-order valence-electron chi connectivity index (χ1n) is 9.72. The first-order valence-corrected chi connectivity index (χ1v) is 10.1. The molecule has 32 heavy (non-hydrogen) atoms. The lowest BCUT2D eigenvalue weighted by Crippen LogP contribution is -2.42. The standard InChI is InChI=1S/C21H20ClF3N4O3/c1-3-4-12-5-7-13(8-6-12)20(2)18(31)29(19(32)28-20)11-16(30)27-17-15(22)9-14(10-26-17)21(23,24)25/h5-10H,3-4,11H2,1-2H3,(H,28,32)(H,26,27,30). The van der Waals surface area contributed by atoms with Crippen LogP contribution in [0.25, 0.3) is 0 Å². The van der Waals surface area contributed by atoms with Crippen LogP contribution in [-0.2, 0) is 27.7 Å². The molecule has 4 amide bonds. The summed E-state index contributed by atoms with van der Waals surface area (Å²) in [6, 6.07) is 7.10. The van der Waals surface area contributed by atoms with Gasteiger partial charge in [0.15, 0.2) is 5.82 Å². The summed E-state index contributed by atoms with van der Waals surface area (Å²) in [6.07, 6.45) is -2.27. The number of benzene rings is 1. The molecule has 1 atom stereocenters. The van der Waals surface area contributed by atoms with Crippen molar-refractivity contribution in [2.45, 2.75) is 38.4 Å². The highest BCUT2D eigenvalue weighted by Crippen LogP contribution is 2.33. The molecule has 0 bridgehead atoms. The molecule has 0 aliphatic carbocycles. The number of amides is 4. The number of hydrogen-bond donors (Lipinski definition) is 2. The monoisotopic (exact) mass is 468 g/mol. The van der Waals surface area contributed by atoms with Crippen molar-refractivity contribution in [1.82, 2.24) is 15.2 Å². The molecule has 1 saturated heterocycles. The molecular formula is C21H20ClF3N4O3. The SMILES string of the molecule is CCCc1ccc(C2(C)NC(=O)N(CC(=O)Nc3ncc(C(F)(F)F)cc3Cl)C2=O)cc1. The molecule has 1 aliphatic heterocycles. The van der Waals surface area contributed by atoms with Crippen molar-refractivity contribution in [2.75, 3.05) is 11.9 Å². The summed E-state index contributed by atoms with van der Waals surface area (Å²) < 4.78 is 38.2. The zero-order chi connectivity index (χ0) is 23.7. The van der Waals surface area contributed by atoms with Gasteiger partial charge in [-0.3, -0.25) is 14.5 Å². The van der Waals surface area contributed by atoms with Gasteiger partial charge in [-0.2, -0.15) is 13.2 Å². The van der Waals surface area contributed by atoms with Crippen molar-refractivity contribution < 1.29 is 27.6 Å². The highest BCUT2D eigenvalue weighted by Gasteiger charge is 2.49. The number of halogens is 4. The second-order valence-corrected chi connectivity index (χ2v) is 7.90. The van der Waals surface area contributed by atoms with Crippen molar-refractivity contribution in [3.05, 3.63) is 58.2 Å². The molecule has 7 nitrogen and oxygen atoms in total. The maximum absolute atomic E-state index is 13.0. The van der Waals surface area contributed by atoms with E-state index in [4.69, 9.17) is 11.6 Å². The van der Waals surface area contributed by atoms with Crippen LogP contribution >= 0.6 is 11.6 Å². The van der Waals surface area contributed by atoms with Crippen LogP contribution in [0.3, 0.4) is 0 Å². The predicted molar refractivity (Wildman–Crippen MR) is 111 cm³/mol. The van der Waals surface area contributed by atoms with Crippen molar-refractivity contribution in [3.63, 3.8) is 0 Å². The van der Waals surface area contributed by atoms with E-state index in [0.717, 1.165) is 23.3 Å². The molecule has 1 aliphatic rings. The summed E-state index contributed by atoms with van der Waals surface area (Å²) >= 11 is 5.78. The average molecular weight is 469 g/mol. The lowest BCUT2D eigenvalue weighted by Gasteiger charge is -2.22. The highest BCUT2D eigenvalue weighted by molar-refractivity contribution is 6.33. The molecule has 0 spiro atoms. The third-order valence-corrected chi connectivity index (χ3v) is 5.36. The summed E-state index contributed by atoms with van der Waals surface area (Å²) in [5, 5.41) is 4.39. The number of rotatable bonds is 6. The highest BCUT2D eigenvalue weighted by atomic mass is 35.5. The number of anilines is 1. The Morgan fingerprint density at radius 1 is 1.25 bits per heavy atom. The van der Waals surface area contributed by atoms with Gasteiger partial charge in [0.1, 0.15) is 12.1 Å². The predicted octanol–water partition coefficient (Wildman–Crippen LogP) is 4.11. The molecule has 2 aromatic rings. The summed E-state index contributed by atoms with van der Waals surface area (Å²) in [7, 11) is 0. The second kappa shape index (κ2) is 8.78. The van der Waals surface area contributed by atoms with Crippen molar-refractivity contribution in [3.8, 4) is 0 Å². The van der Waals surface area contributed by atoms with E-state index in [9.17, 15) is 27.6 Å². The van der Waals surface area contributed by atoms with E-state index in [1.807, 2.05) is 19.1 Å². The zero-order valence-corrected chi connectivity index (χ0v) is 18.0. The van der Waals surface area contributed by atoms with E-state index in [1.54, 1.807) is 12.1 Å². The number of urea groups is 1. The summed E-state index contributed by atoms with van der Waals surface area (Å²) in [4.78, 5) is 41.9. The molecule has 3 rings (SSSR count). The van der Waals surface area contributed by atoms with Gasteiger partial charge in [-0.05, 0) is 30.5 Å². The van der Waals surface area contributed by atoms with Gasteiger partial charge in [-0.1, -0.05) is 49.2 Å². The molecule has 2 N–H and O–H groups in total. The molecule has 11 heteroatoms. The van der Waals surface area contributed by atoms with Gasteiger partial charge in [-0.15, -0.1) is 0 Å². The number of pyridine rings is 1. The van der Waals surface area contributed by atoms with E-state index in [-0.39, 0.29) is 5.82 Å². The van der Waals surface area contributed by atoms with E-state index in [2.05, 4.69) is 15.6 Å². The van der Waals surface area contributed by atoms with Gasteiger partial charge in [0.25, 0.3) is 5.91 Å². The number of nitrogens with one attached hydrogen (secondary N) is 2. The maximum atomic E-state index is 13.0. The minimum Gasteiger partial charge on any atom is -0.319 e. The maximum Gasteiger partial charge on any atom is 0.417 e. The van der Waals surface area contributed by atoms with Gasteiger partial charge < -0.3 is 10.6 Å². The number of nitrogens with zero attached hydrogens (tertiary/aromatic N) is 2. The Kier molecular flexibility index (Phi) is 6.45. The summed E-state index contributed by atoms with van der Waals surface area (Å²) in [5.74, 6) is -1.79. The van der Waals surface area contributed by atoms with Crippen LogP contribution in [0.4, 0.5) is 23.8 Å². The molecule has 2 heterocycles. The van der Waals surface area contributed by atoms with E-state index < -0.39 is 46.7 Å². The molecule has 0 saturated carbocycles. The van der Waals surface area contributed by atoms with Crippen LogP contribution in [0, 0.1) is 0 Å². The van der Waals surface area contributed by atoms with Crippen molar-refractivity contribution in [1.29, 1.82) is 0 Å². The third kappa shape index (κ3) is 4.69. The van der Waals surface area contributed by atoms with E-state index >= 15 is 0 Å². The van der Waals surface area contributed by atoms with Crippen molar-refractivity contribution in [2.24, 2.45) is 0 Å². The Balaban J connectivity index is 1.72. The van der Waals surface area contributed by atoms with Gasteiger partial charge in [-0.25, -0.2) is 9.78 Å². The fraction of sp³-hybridized carbons (Fsp3) is 0.333. The molecule has 1 fully saturated rings. The number of imide groups is 1. The van der Waals surface area contributed by atoms with Gasteiger partial charge in [0.05, 0.1) is 10.6 Å². The number of alkyl halides is 3. The topological polar surface area (TPSA) is 91.4 Å². The Labute approximate surface area is 186 Å². The number of aryl methyl sites for hydroxylation is 1. The van der Waals surface area contributed by atoms with E-state index in [1.165, 1.54) is 6.92 Å². The van der Waals surface area contributed by atoms with Gasteiger partial charge in [0, 0.05) is 6.20 Å². The Morgan fingerprint density at radius 2 is 1.91 bits per heavy atom. The summed E-state index contributed by atoms with van der Waals surface area (Å²) in [5.41, 5.74) is -0.776.